The molecular formula is C28H24Cl2FN9O2. The molecule has 2 atom stereocenters. The van der Waals surface area contributed by atoms with Gasteiger partial charge in [0, 0.05) is 23.7 Å². The van der Waals surface area contributed by atoms with Crippen LogP contribution in [0.4, 0.5) is 10.1 Å². The number of rotatable bonds is 3. The Bertz CT molecular complexity index is 1850. The quantitative estimate of drug-likeness (QED) is 0.278. The predicted octanol–water partition coefficient (Wildman–Crippen LogP) is 5.46. The first-order valence-electron chi connectivity index (χ1n) is 13.3. The summed E-state index contributed by atoms with van der Waals surface area (Å²) in [4.78, 5) is 35.5. The second-order valence-electron chi connectivity index (χ2n) is 10.1. The summed E-state index contributed by atoms with van der Waals surface area (Å²) in [6.07, 6.45) is 8.76. The number of anilines is 1. The van der Waals surface area contributed by atoms with E-state index in [1.807, 2.05) is 13.0 Å². The Labute approximate surface area is 248 Å². The van der Waals surface area contributed by atoms with Crippen LogP contribution in [-0.2, 0) is 4.79 Å². The Hall–Kier alpha value is -4.42. The molecule has 11 nitrogen and oxygen atoms in total. The number of nitrogens with zero attached hydrogens (tertiary/aromatic N) is 7. The number of aromatic amines is 1. The number of fused-ring (bicyclic) bond motifs is 4. The van der Waals surface area contributed by atoms with E-state index in [4.69, 9.17) is 23.2 Å². The van der Waals surface area contributed by atoms with E-state index in [-0.39, 0.29) is 38.9 Å². The fourth-order valence-corrected chi connectivity index (χ4v) is 5.39. The van der Waals surface area contributed by atoms with Crippen molar-refractivity contribution in [3.05, 3.63) is 87.3 Å². The molecule has 42 heavy (non-hydrogen) atoms. The molecule has 0 radical (unpaired) electrons. The van der Waals surface area contributed by atoms with Crippen molar-refractivity contribution in [1.29, 1.82) is 0 Å². The highest BCUT2D eigenvalue weighted by Crippen LogP contribution is 2.34. The Kier molecular flexibility index (Phi) is 7.56. The molecule has 0 saturated heterocycles. The van der Waals surface area contributed by atoms with E-state index < -0.39 is 17.4 Å². The average Bonchev–Trinajstić information content (AvgIpc) is 3.63. The van der Waals surface area contributed by atoms with E-state index in [1.54, 1.807) is 24.5 Å². The van der Waals surface area contributed by atoms with Crippen LogP contribution in [0.5, 0.6) is 0 Å². The zero-order valence-corrected chi connectivity index (χ0v) is 23.8. The molecular weight excluding hydrogens is 584 g/mol. The number of pyridine rings is 1. The molecule has 5 heterocycles. The first-order valence-corrected chi connectivity index (χ1v) is 14.0. The number of halogens is 3. The normalized spacial score (nSPS) is 17.5. The third kappa shape index (κ3) is 5.30. The molecule has 0 fully saturated rings. The SMILES string of the molecule is CC1CCCCC(n2cnc(-c3c(-n4cc(Cl)nn4)ccc(Cl)c3F)cc2=O)c2cc(ccn2)-c2[nH]ncc2NC1=O. The van der Waals surface area contributed by atoms with Gasteiger partial charge in [0.2, 0.25) is 5.91 Å². The van der Waals surface area contributed by atoms with Gasteiger partial charge in [-0.05, 0) is 37.1 Å². The predicted molar refractivity (Wildman–Crippen MR) is 155 cm³/mol. The van der Waals surface area contributed by atoms with Gasteiger partial charge in [-0.3, -0.25) is 24.2 Å². The van der Waals surface area contributed by atoms with Crippen molar-refractivity contribution in [1.82, 2.24) is 39.7 Å². The summed E-state index contributed by atoms with van der Waals surface area (Å²) in [5.74, 6) is -1.05. The standard InChI is InChI=1S/C28H24Cl2FN9O2/c1-15-4-2-3-5-21(18-10-16(8-9-32-18)27-20(12-34-37-27)35-28(15)42)39-14-33-19(11-24(39)41)25-22(7-6-17(29)26(25)31)40-13-23(30)36-38-40/h6-15,21H,2-5H2,1H3,(H,34,37)(H,35,42). The second kappa shape index (κ2) is 11.5. The lowest BCUT2D eigenvalue weighted by molar-refractivity contribution is -0.119. The number of benzene rings is 1. The zero-order valence-electron chi connectivity index (χ0n) is 22.3. The molecule has 2 unspecified atom stereocenters. The van der Waals surface area contributed by atoms with E-state index in [1.165, 1.54) is 33.9 Å². The van der Waals surface area contributed by atoms with Crippen molar-refractivity contribution in [2.24, 2.45) is 5.92 Å². The Morgan fingerprint density at radius 2 is 1.90 bits per heavy atom. The number of carbonyl (C=O) groups is 1. The van der Waals surface area contributed by atoms with Gasteiger partial charge in [0.25, 0.3) is 5.56 Å². The summed E-state index contributed by atoms with van der Waals surface area (Å²) in [7, 11) is 0. The summed E-state index contributed by atoms with van der Waals surface area (Å²) in [6, 6.07) is 7.39. The van der Waals surface area contributed by atoms with Gasteiger partial charge in [-0.1, -0.05) is 48.2 Å². The van der Waals surface area contributed by atoms with Gasteiger partial charge in [-0.15, -0.1) is 5.10 Å². The van der Waals surface area contributed by atoms with Gasteiger partial charge in [-0.2, -0.15) is 5.10 Å². The lowest BCUT2D eigenvalue weighted by atomic mass is 9.99. The zero-order chi connectivity index (χ0) is 29.4. The number of aromatic nitrogens is 8. The maximum absolute atomic E-state index is 15.4. The molecule has 5 aromatic rings. The minimum absolute atomic E-state index is 0.0127. The molecule has 4 aromatic heterocycles. The number of hydrogen-bond donors (Lipinski definition) is 2. The smallest absolute Gasteiger partial charge is 0.254 e. The summed E-state index contributed by atoms with van der Waals surface area (Å²) >= 11 is 12.0. The molecule has 2 bridgehead atoms. The van der Waals surface area contributed by atoms with Crippen LogP contribution in [0.25, 0.3) is 28.2 Å². The van der Waals surface area contributed by atoms with Crippen LogP contribution in [0.2, 0.25) is 10.2 Å². The molecule has 0 spiro atoms. The molecule has 6 rings (SSSR count). The summed E-state index contributed by atoms with van der Waals surface area (Å²) in [5, 5.41) is 17.7. The molecule has 1 amide bonds. The minimum Gasteiger partial charge on any atom is -0.323 e. The first kappa shape index (κ1) is 27.7. The lowest BCUT2D eigenvalue weighted by Gasteiger charge is -2.20. The first-order chi connectivity index (χ1) is 20.3. The molecule has 2 N–H and O–H groups in total. The summed E-state index contributed by atoms with van der Waals surface area (Å²) in [5.41, 5.74) is 2.51. The molecule has 0 saturated carbocycles. The van der Waals surface area contributed by atoms with Crippen molar-refractivity contribution in [3.63, 3.8) is 0 Å². The number of hydrogen-bond acceptors (Lipinski definition) is 7. The number of carbonyl (C=O) groups excluding carboxylic acids is 1. The van der Waals surface area contributed by atoms with Crippen molar-refractivity contribution in [2.75, 3.05) is 5.32 Å². The fraction of sp³-hybridized carbons (Fsp3) is 0.250. The number of H-pyrrole nitrogens is 1. The van der Waals surface area contributed by atoms with E-state index in [9.17, 15) is 9.59 Å². The third-order valence-corrected chi connectivity index (χ3v) is 7.80. The van der Waals surface area contributed by atoms with Crippen LogP contribution in [-0.4, -0.2) is 45.6 Å². The summed E-state index contributed by atoms with van der Waals surface area (Å²) < 4.78 is 18.2. The fourth-order valence-electron chi connectivity index (χ4n) is 5.11. The van der Waals surface area contributed by atoms with E-state index in [0.29, 0.717) is 29.9 Å². The minimum atomic E-state index is -0.755. The monoisotopic (exact) mass is 607 g/mol. The van der Waals surface area contributed by atoms with Crippen LogP contribution in [0, 0.1) is 11.7 Å². The third-order valence-electron chi connectivity index (χ3n) is 7.33. The molecule has 14 heteroatoms. The molecule has 1 aromatic carbocycles. The number of nitrogens with one attached hydrogen (secondary N) is 2. The lowest BCUT2D eigenvalue weighted by Crippen LogP contribution is -2.26. The molecule has 1 aliphatic rings. The highest BCUT2D eigenvalue weighted by Gasteiger charge is 2.24. The average molecular weight is 608 g/mol. The van der Waals surface area contributed by atoms with Crippen molar-refractivity contribution >= 4 is 34.8 Å². The van der Waals surface area contributed by atoms with Crippen molar-refractivity contribution in [3.8, 4) is 28.2 Å². The largest absolute Gasteiger partial charge is 0.323 e. The Morgan fingerprint density at radius 3 is 2.69 bits per heavy atom. The summed E-state index contributed by atoms with van der Waals surface area (Å²) in [6.45, 7) is 1.89. The van der Waals surface area contributed by atoms with Crippen LogP contribution in [0.1, 0.15) is 44.3 Å². The molecule has 1 aliphatic heterocycles. The van der Waals surface area contributed by atoms with Crippen molar-refractivity contribution < 1.29 is 9.18 Å². The van der Waals surface area contributed by atoms with Crippen LogP contribution < -0.4 is 10.9 Å². The number of amides is 1. The maximum atomic E-state index is 15.4. The van der Waals surface area contributed by atoms with Gasteiger partial charge < -0.3 is 5.32 Å². The Balaban J connectivity index is 1.43. The van der Waals surface area contributed by atoms with Crippen LogP contribution in [0.3, 0.4) is 0 Å². The van der Waals surface area contributed by atoms with Crippen LogP contribution in [0.15, 0.2) is 60.0 Å². The topological polar surface area (TPSA) is 136 Å². The highest BCUT2D eigenvalue weighted by molar-refractivity contribution is 6.31. The van der Waals surface area contributed by atoms with Crippen LogP contribution >= 0.6 is 23.2 Å². The van der Waals surface area contributed by atoms with E-state index in [2.05, 4.69) is 35.8 Å². The van der Waals surface area contributed by atoms with Gasteiger partial charge in [0.15, 0.2) is 11.0 Å². The van der Waals surface area contributed by atoms with E-state index >= 15 is 4.39 Å². The second-order valence-corrected chi connectivity index (χ2v) is 10.9. The van der Waals surface area contributed by atoms with Crippen molar-refractivity contribution in [2.45, 2.75) is 38.6 Å². The van der Waals surface area contributed by atoms with Gasteiger partial charge in [-0.25, -0.2) is 14.1 Å². The van der Waals surface area contributed by atoms with Gasteiger partial charge in [0.1, 0.15) is 0 Å². The molecule has 214 valence electrons. The highest BCUT2D eigenvalue weighted by atomic mass is 35.5. The van der Waals surface area contributed by atoms with Gasteiger partial charge >= 0.3 is 0 Å². The Morgan fingerprint density at radius 1 is 1.07 bits per heavy atom. The van der Waals surface area contributed by atoms with E-state index in [0.717, 1.165) is 18.4 Å². The van der Waals surface area contributed by atoms with Gasteiger partial charge in [0.05, 0.1) is 63.8 Å². The molecule has 0 aliphatic carbocycles. The maximum Gasteiger partial charge on any atom is 0.254 e.